The molecule has 3 heterocycles. The van der Waals surface area contributed by atoms with Crippen LogP contribution >= 0.6 is 7.82 Å². The van der Waals surface area contributed by atoms with Gasteiger partial charge in [-0.3, -0.25) is 19.3 Å². The van der Waals surface area contributed by atoms with Crippen molar-refractivity contribution in [2.45, 2.75) is 32.4 Å². The highest BCUT2D eigenvalue weighted by molar-refractivity contribution is 7.46. The highest BCUT2D eigenvalue weighted by Gasteiger charge is 2.28. The Balaban J connectivity index is 1.14. The minimum Gasteiger partial charge on any atom is -0.493 e. The number of halogens is 2. The van der Waals surface area contributed by atoms with Crippen molar-refractivity contribution in [1.82, 2.24) is 25.1 Å². The summed E-state index contributed by atoms with van der Waals surface area (Å²) in [5.74, 6) is -0.929. The second-order valence-electron chi connectivity index (χ2n) is 10.1. The lowest BCUT2D eigenvalue weighted by molar-refractivity contribution is -0.115. The number of anilines is 3. The molecular weight excluding hydrogens is 587 g/mol. The Morgan fingerprint density at radius 3 is 2.74 bits per heavy atom. The smallest absolute Gasteiger partial charge is 0.471 e. The van der Waals surface area contributed by atoms with E-state index in [0.717, 1.165) is 18.9 Å². The molecule has 1 atom stereocenters. The van der Waals surface area contributed by atoms with E-state index in [1.54, 1.807) is 19.1 Å². The summed E-state index contributed by atoms with van der Waals surface area (Å²) in [6.45, 7) is 3.39. The minimum absolute atomic E-state index is 0.144. The fraction of sp³-hybridized carbons (Fsp3) is 0.333. The first kappa shape index (κ1) is 30.4. The molecule has 5 rings (SSSR count). The van der Waals surface area contributed by atoms with E-state index in [-0.39, 0.29) is 18.0 Å². The fourth-order valence-corrected chi connectivity index (χ4v) is 5.32. The number of carbonyl (C=O) groups excluding carboxylic acids is 1. The number of nitrogens with one attached hydrogen (secondary N) is 3. The number of ether oxygens (including phenoxy) is 1. The van der Waals surface area contributed by atoms with Crippen molar-refractivity contribution in [1.29, 1.82) is 0 Å². The first-order valence-corrected chi connectivity index (χ1v) is 15.0. The molecule has 1 fully saturated rings. The summed E-state index contributed by atoms with van der Waals surface area (Å²) in [4.78, 5) is 40.9. The molecule has 0 radical (unpaired) electrons. The lowest BCUT2D eigenvalue weighted by Gasteiger charge is -2.35. The summed E-state index contributed by atoms with van der Waals surface area (Å²) in [5, 5.41) is 13.1. The average Bonchev–Trinajstić information content (AvgIpc) is 3.40. The zero-order valence-electron chi connectivity index (χ0n) is 23.0. The molecule has 0 aliphatic carbocycles. The van der Waals surface area contributed by atoms with E-state index in [1.807, 2.05) is 17.0 Å². The van der Waals surface area contributed by atoms with Crippen molar-refractivity contribution in [3.63, 3.8) is 0 Å². The van der Waals surface area contributed by atoms with Crippen LogP contribution in [0.5, 0.6) is 5.75 Å². The lowest BCUT2D eigenvalue weighted by atomic mass is 9.98. The fourth-order valence-electron chi connectivity index (χ4n) is 4.79. The second-order valence-corrected chi connectivity index (χ2v) is 11.3. The third-order valence-electron chi connectivity index (χ3n) is 7.00. The van der Waals surface area contributed by atoms with Crippen LogP contribution in [0.15, 0.2) is 48.8 Å². The Morgan fingerprint density at radius 2 is 1.98 bits per heavy atom. The van der Waals surface area contributed by atoms with Crippen molar-refractivity contribution >= 4 is 42.0 Å². The summed E-state index contributed by atoms with van der Waals surface area (Å²) in [6, 6.07) is 10.6. The number of nitrogens with zero attached hydrogens (tertiary/aromatic N) is 4. The van der Waals surface area contributed by atoms with Gasteiger partial charge < -0.3 is 25.2 Å². The van der Waals surface area contributed by atoms with E-state index in [9.17, 15) is 18.1 Å². The molecule has 1 aliphatic heterocycles. The van der Waals surface area contributed by atoms with Gasteiger partial charge in [-0.2, -0.15) is 5.10 Å². The van der Waals surface area contributed by atoms with Crippen molar-refractivity contribution in [3.05, 3.63) is 66.1 Å². The maximum Gasteiger partial charge on any atom is 0.471 e. The number of likely N-dealkylation sites (tertiary alicyclic amines) is 1. The number of hydrogen-bond acceptors (Lipinski definition) is 9. The second kappa shape index (κ2) is 13.1. The third-order valence-corrected chi connectivity index (χ3v) is 7.58. The number of fused-ring (bicyclic) bond motifs is 1. The van der Waals surface area contributed by atoms with Crippen LogP contribution in [0.4, 0.5) is 26.1 Å². The van der Waals surface area contributed by atoms with Crippen molar-refractivity contribution in [2.24, 2.45) is 5.92 Å². The van der Waals surface area contributed by atoms with Gasteiger partial charge in [-0.15, -0.1) is 0 Å². The maximum atomic E-state index is 13.8. The predicted molar refractivity (Wildman–Crippen MR) is 152 cm³/mol. The number of hydrogen-bond donors (Lipinski definition) is 5. The molecule has 2 aromatic heterocycles. The van der Waals surface area contributed by atoms with Crippen LogP contribution in [-0.4, -0.2) is 66.7 Å². The highest BCUT2D eigenvalue weighted by Crippen LogP contribution is 2.38. The molecule has 4 aromatic rings. The number of rotatable bonds is 11. The molecule has 43 heavy (non-hydrogen) atoms. The van der Waals surface area contributed by atoms with Crippen LogP contribution in [0.25, 0.3) is 10.9 Å². The minimum atomic E-state index is -4.54. The van der Waals surface area contributed by atoms with Crippen LogP contribution in [0.2, 0.25) is 0 Å². The molecular formula is C27H30F2N7O6P. The zero-order valence-corrected chi connectivity index (χ0v) is 23.9. The molecule has 228 valence electrons. The monoisotopic (exact) mass is 617 g/mol. The Kier molecular flexibility index (Phi) is 9.28. The van der Waals surface area contributed by atoms with E-state index in [2.05, 4.69) is 30.8 Å². The van der Waals surface area contributed by atoms with Crippen LogP contribution in [-0.2, 0) is 20.3 Å². The van der Waals surface area contributed by atoms with Gasteiger partial charge in [0.1, 0.15) is 24.1 Å². The Bertz CT molecular complexity index is 1640. The number of phosphoric ester groups is 1. The van der Waals surface area contributed by atoms with E-state index in [0.29, 0.717) is 53.7 Å². The number of benzene rings is 2. The molecule has 0 saturated carbocycles. The first-order chi connectivity index (χ1) is 20.5. The molecule has 1 saturated heterocycles. The molecule has 0 bridgehead atoms. The highest BCUT2D eigenvalue weighted by atomic mass is 31.2. The van der Waals surface area contributed by atoms with Crippen LogP contribution in [0.3, 0.4) is 0 Å². The lowest BCUT2D eigenvalue weighted by Crippen LogP contribution is -2.41. The molecule has 5 N–H and O–H groups in total. The molecule has 2 aromatic carbocycles. The van der Waals surface area contributed by atoms with E-state index in [4.69, 9.17) is 19.0 Å². The van der Waals surface area contributed by atoms with Crippen molar-refractivity contribution in [3.8, 4) is 5.75 Å². The number of aromatic amines is 1. The van der Waals surface area contributed by atoms with Gasteiger partial charge in [-0.25, -0.2) is 23.3 Å². The van der Waals surface area contributed by atoms with Gasteiger partial charge in [0.15, 0.2) is 17.5 Å². The Hall–Kier alpha value is -4.01. The van der Waals surface area contributed by atoms with Crippen LogP contribution in [0.1, 0.15) is 25.5 Å². The summed E-state index contributed by atoms with van der Waals surface area (Å²) >= 11 is 0. The van der Waals surface area contributed by atoms with E-state index in [1.165, 1.54) is 18.5 Å². The number of H-pyrrole nitrogens is 1. The normalized spacial score (nSPS) is 15.4. The number of phosphoric acid groups is 1. The average molecular weight is 618 g/mol. The first-order valence-electron chi connectivity index (χ1n) is 13.4. The van der Waals surface area contributed by atoms with Crippen molar-refractivity contribution in [2.75, 3.05) is 30.3 Å². The molecule has 1 amide bonds. The van der Waals surface area contributed by atoms with Crippen LogP contribution in [0, 0.1) is 17.6 Å². The summed E-state index contributed by atoms with van der Waals surface area (Å²) in [7, 11) is -4.54. The molecule has 1 unspecified atom stereocenters. The number of aromatic nitrogens is 4. The predicted octanol–water partition coefficient (Wildman–Crippen LogP) is 4.10. The Labute approximate surface area is 244 Å². The summed E-state index contributed by atoms with van der Waals surface area (Å²) in [6.07, 6.45) is 2.19. The number of amides is 1. The number of piperidine rings is 1. The molecule has 16 heteroatoms. The van der Waals surface area contributed by atoms with Gasteiger partial charge in [0.25, 0.3) is 0 Å². The van der Waals surface area contributed by atoms with Gasteiger partial charge >= 0.3 is 7.82 Å². The van der Waals surface area contributed by atoms with Gasteiger partial charge in [0.2, 0.25) is 5.91 Å². The SMILES string of the molecule is CC(OP(=O)(O)O)N1CCC(COc2ccc3c(Nc4cc(CC(=O)Nc5cccc(F)c5F)[nH]n4)ncnc3c2)CC1. The third kappa shape index (κ3) is 8.09. The standard InChI is InChI=1S/C27H30F2N7O6P/c1-16(42-43(38,39)40)36-9-7-17(8-10-36)14-41-19-5-6-20-23(13-19)30-15-31-27(20)33-24-11-18(34-35-24)12-25(37)32-22-4-2-3-21(28)26(22)29/h2-6,11,13,15-17H,7-10,12,14H2,1H3,(H,32,37)(H2,38,39,40)(H2,30,31,33,34,35). The number of carbonyl (C=O) groups is 1. The van der Waals surface area contributed by atoms with Gasteiger partial charge in [0.05, 0.1) is 24.2 Å². The van der Waals surface area contributed by atoms with Gasteiger partial charge in [-0.1, -0.05) is 6.07 Å². The van der Waals surface area contributed by atoms with Gasteiger partial charge in [-0.05, 0) is 49.9 Å². The van der Waals surface area contributed by atoms with E-state index < -0.39 is 31.6 Å². The van der Waals surface area contributed by atoms with Crippen LogP contribution < -0.4 is 15.4 Å². The molecule has 1 aliphatic rings. The summed E-state index contributed by atoms with van der Waals surface area (Å²) in [5.41, 5.74) is 0.839. The largest absolute Gasteiger partial charge is 0.493 e. The molecule has 13 nitrogen and oxygen atoms in total. The van der Waals surface area contributed by atoms with E-state index >= 15 is 0 Å². The van der Waals surface area contributed by atoms with Gasteiger partial charge in [0, 0.05) is 36.3 Å². The maximum absolute atomic E-state index is 13.8. The topological polar surface area (TPSA) is 175 Å². The van der Waals surface area contributed by atoms with Crippen molar-refractivity contribution < 1.29 is 37.2 Å². The quantitative estimate of drug-likeness (QED) is 0.153. The Morgan fingerprint density at radius 1 is 1.19 bits per heavy atom. The molecule has 0 spiro atoms. The summed E-state index contributed by atoms with van der Waals surface area (Å²) < 4.78 is 49.1. The zero-order chi connectivity index (χ0) is 30.6.